The lowest BCUT2D eigenvalue weighted by Crippen LogP contribution is -2.14. The van der Waals surface area contributed by atoms with E-state index in [0.717, 1.165) is 11.1 Å². The average molecular weight is 569 g/mol. The van der Waals surface area contributed by atoms with E-state index in [4.69, 9.17) is 39.5 Å². The fraction of sp³-hybridized carbons (Fsp3) is 0.217. The Balaban J connectivity index is 1.34. The van der Waals surface area contributed by atoms with Gasteiger partial charge in [0.25, 0.3) is 0 Å². The van der Waals surface area contributed by atoms with Gasteiger partial charge in [-0.25, -0.2) is 4.98 Å². The van der Waals surface area contributed by atoms with E-state index in [2.05, 4.69) is 20.5 Å². The Morgan fingerprint density at radius 3 is 2.71 bits per heavy atom. The Kier molecular flexibility index (Phi) is 8.23. The smallest absolute Gasteiger partial charge is 0.236 e. The van der Waals surface area contributed by atoms with Crippen molar-refractivity contribution in [1.82, 2.24) is 19.7 Å². The summed E-state index contributed by atoms with van der Waals surface area (Å²) in [5.74, 6) is 1.28. The standard InChI is InChI=1S/C23H20Cl3N5O2S2/c1-12-8-15(5-7-17(12)25)33-13(2)21-29-30-23(31(21)3)35-11-20(32)28-22-27-19(10-34-22)16-6-4-14(24)9-18(16)26/h4-10,13H,11H2,1-3H3,(H,27,28,32). The predicted octanol–water partition coefficient (Wildman–Crippen LogP) is 7.08. The number of aromatic nitrogens is 4. The number of amides is 1. The minimum absolute atomic E-state index is 0.147. The third-order valence-corrected chi connectivity index (χ3v) is 7.71. The number of carbonyl (C=O) groups is 1. The van der Waals surface area contributed by atoms with Gasteiger partial charge >= 0.3 is 0 Å². The van der Waals surface area contributed by atoms with Gasteiger partial charge in [-0.15, -0.1) is 21.5 Å². The quantitative estimate of drug-likeness (QED) is 0.229. The molecule has 0 aliphatic heterocycles. The molecule has 35 heavy (non-hydrogen) atoms. The molecule has 0 spiro atoms. The van der Waals surface area contributed by atoms with Gasteiger partial charge in [-0.3, -0.25) is 4.79 Å². The highest BCUT2D eigenvalue weighted by molar-refractivity contribution is 7.99. The van der Waals surface area contributed by atoms with E-state index < -0.39 is 0 Å². The van der Waals surface area contributed by atoms with Gasteiger partial charge in [-0.05, 0) is 55.8 Å². The lowest BCUT2D eigenvalue weighted by atomic mass is 10.2. The van der Waals surface area contributed by atoms with Gasteiger partial charge in [0.05, 0.1) is 16.5 Å². The van der Waals surface area contributed by atoms with E-state index in [0.29, 0.717) is 42.6 Å². The zero-order valence-electron chi connectivity index (χ0n) is 18.9. The minimum atomic E-state index is -0.343. The second-order valence-corrected chi connectivity index (χ2v) is 10.6. The molecule has 1 N–H and O–H groups in total. The number of anilines is 1. The molecular weight excluding hydrogens is 549 g/mol. The van der Waals surface area contributed by atoms with Gasteiger partial charge in [0, 0.05) is 28.0 Å². The number of hydrogen-bond acceptors (Lipinski definition) is 7. The molecule has 0 bridgehead atoms. The Morgan fingerprint density at radius 1 is 1.17 bits per heavy atom. The number of benzene rings is 2. The maximum absolute atomic E-state index is 12.5. The topological polar surface area (TPSA) is 81.9 Å². The van der Waals surface area contributed by atoms with Crippen molar-refractivity contribution in [3.8, 4) is 17.0 Å². The molecule has 1 unspecified atom stereocenters. The van der Waals surface area contributed by atoms with Crippen molar-refractivity contribution in [1.29, 1.82) is 0 Å². The molecule has 2 heterocycles. The molecule has 2 aromatic heterocycles. The molecule has 0 aliphatic carbocycles. The highest BCUT2D eigenvalue weighted by atomic mass is 35.5. The van der Waals surface area contributed by atoms with Gasteiger partial charge in [0.2, 0.25) is 5.91 Å². The highest BCUT2D eigenvalue weighted by Gasteiger charge is 2.19. The van der Waals surface area contributed by atoms with Crippen LogP contribution in [0.25, 0.3) is 11.3 Å². The average Bonchev–Trinajstić information content (AvgIpc) is 3.41. The van der Waals surface area contributed by atoms with Crippen LogP contribution in [0, 0.1) is 6.92 Å². The van der Waals surface area contributed by atoms with Crippen molar-refractivity contribution in [3.63, 3.8) is 0 Å². The largest absolute Gasteiger partial charge is 0.483 e. The molecule has 0 aliphatic rings. The fourth-order valence-corrected chi connectivity index (χ4v) is 5.26. The summed E-state index contributed by atoms with van der Waals surface area (Å²) in [6.45, 7) is 3.81. The van der Waals surface area contributed by atoms with Gasteiger partial charge in [0.1, 0.15) is 5.75 Å². The molecule has 2 aromatic carbocycles. The van der Waals surface area contributed by atoms with E-state index in [-0.39, 0.29) is 17.8 Å². The minimum Gasteiger partial charge on any atom is -0.483 e. The van der Waals surface area contributed by atoms with Crippen LogP contribution in [0.15, 0.2) is 46.9 Å². The second kappa shape index (κ2) is 11.2. The molecule has 1 atom stereocenters. The summed E-state index contributed by atoms with van der Waals surface area (Å²) >= 11 is 20.9. The number of aryl methyl sites for hydroxylation is 1. The van der Waals surface area contributed by atoms with E-state index in [1.165, 1.54) is 23.1 Å². The van der Waals surface area contributed by atoms with E-state index in [9.17, 15) is 4.79 Å². The number of hydrogen-bond donors (Lipinski definition) is 1. The monoisotopic (exact) mass is 567 g/mol. The van der Waals surface area contributed by atoms with E-state index in [1.54, 1.807) is 24.3 Å². The van der Waals surface area contributed by atoms with Crippen LogP contribution in [0.4, 0.5) is 5.13 Å². The van der Waals surface area contributed by atoms with E-state index in [1.807, 2.05) is 43.0 Å². The summed E-state index contributed by atoms with van der Waals surface area (Å²) in [4.78, 5) is 16.9. The summed E-state index contributed by atoms with van der Waals surface area (Å²) in [5, 5.41) is 15.9. The molecule has 4 aromatic rings. The third kappa shape index (κ3) is 6.29. The summed E-state index contributed by atoms with van der Waals surface area (Å²) in [6.07, 6.45) is -0.343. The van der Waals surface area contributed by atoms with Crippen molar-refractivity contribution in [2.45, 2.75) is 25.1 Å². The lowest BCUT2D eigenvalue weighted by Gasteiger charge is -2.15. The molecule has 12 heteroatoms. The maximum Gasteiger partial charge on any atom is 0.236 e. The van der Waals surface area contributed by atoms with Crippen molar-refractivity contribution in [3.05, 3.63) is 68.2 Å². The summed E-state index contributed by atoms with van der Waals surface area (Å²) < 4.78 is 7.81. The Labute approximate surface area is 225 Å². The summed E-state index contributed by atoms with van der Waals surface area (Å²) in [7, 11) is 1.84. The predicted molar refractivity (Wildman–Crippen MR) is 143 cm³/mol. The number of rotatable bonds is 8. The molecule has 7 nitrogen and oxygen atoms in total. The summed E-state index contributed by atoms with van der Waals surface area (Å²) in [5.41, 5.74) is 2.35. The fourth-order valence-electron chi connectivity index (χ4n) is 3.19. The first-order valence-corrected chi connectivity index (χ1v) is 13.4. The molecule has 182 valence electrons. The SMILES string of the molecule is Cc1cc(OC(C)c2nnc(SCC(=O)Nc3nc(-c4ccc(Cl)cc4Cl)cs3)n2C)ccc1Cl. The Hall–Kier alpha value is -2.30. The molecule has 0 saturated heterocycles. The van der Waals surface area contributed by atoms with Gasteiger partial charge in [-0.2, -0.15) is 0 Å². The van der Waals surface area contributed by atoms with Gasteiger partial charge in [-0.1, -0.05) is 46.6 Å². The zero-order chi connectivity index (χ0) is 25.1. The first kappa shape index (κ1) is 25.8. The molecular formula is C23H20Cl3N5O2S2. The van der Waals surface area contributed by atoms with Crippen molar-refractivity contribution in [2.24, 2.45) is 7.05 Å². The second-order valence-electron chi connectivity index (χ2n) is 7.57. The third-order valence-electron chi connectivity index (χ3n) is 4.96. The number of halogens is 3. The van der Waals surface area contributed by atoms with Crippen molar-refractivity contribution >= 4 is 68.9 Å². The number of thioether (sulfide) groups is 1. The number of carbonyl (C=O) groups excluding carboxylic acids is 1. The highest BCUT2D eigenvalue weighted by Crippen LogP contribution is 2.32. The number of ether oxygens (including phenoxy) is 1. The van der Waals surface area contributed by atoms with E-state index >= 15 is 0 Å². The normalized spacial score (nSPS) is 11.9. The molecule has 4 rings (SSSR count). The number of nitrogens with one attached hydrogen (secondary N) is 1. The van der Waals surface area contributed by atoms with Crippen LogP contribution < -0.4 is 10.1 Å². The molecule has 0 fully saturated rings. The number of nitrogens with zero attached hydrogens (tertiary/aromatic N) is 4. The molecule has 0 radical (unpaired) electrons. The number of thiazole rings is 1. The van der Waals surface area contributed by atoms with Crippen LogP contribution in [0.2, 0.25) is 15.1 Å². The van der Waals surface area contributed by atoms with Crippen LogP contribution in [-0.4, -0.2) is 31.4 Å². The first-order valence-electron chi connectivity index (χ1n) is 10.4. The van der Waals surface area contributed by atoms with Crippen molar-refractivity contribution < 1.29 is 9.53 Å². The van der Waals surface area contributed by atoms with Crippen LogP contribution >= 0.6 is 57.9 Å². The maximum atomic E-state index is 12.5. The Bertz CT molecular complexity index is 1380. The van der Waals surface area contributed by atoms with Crippen LogP contribution in [-0.2, 0) is 11.8 Å². The lowest BCUT2D eigenvalue weighted by molar-refractivity contribution is -0.113. The van der Waals surface area contributed by atoms with Gasteiger partial charge in [0.15, 0.2) is 22.2 Å². The zero-order valence-corrected chi connectivity index (χ0v) is 22.8. The first-order chi connectivity index (χ1) is 16.7. The van der Waals surface area contributed by atoms with Crippen molar-refractivity contribution in [2.75, 3.05) is 11.1 Å². The van der Waals surface area contributed by atoms with Gasteiger partial charge < -0.3 is 14.6 Å². The van der Waals surface area contributed by atoms with Crippen LogP contribution in [0.1, 0.15) is 24.4 Å². The molecule has 0 saturated carbocycles. The van der Waals surface area contributed by atoms with Crippen LogP contribution in [0.3, 0.4) is 0 Å². The summed E-state index contributed by atoms with van der Waals surface area (Å²) in [6, 6.07) is 10.7. The van der Waals surface area contributed by atoms with Crippen LogP contribution in [0.5, 0.6) is 5.75 Å². The molecule has 1 amide bonds. The Morgan fingerprint density at radius 2 is 1.97 bits per heavy atom.